The molecule has 1 aliphatic rings. The van der Waals surface area contributed by atoms with Crippen LogP contribution in [0.4, 0.5) is 4.79 Å². The number of amides is 2. The highest BCUT2D eigenvalue weighted by molar-refractivity contribution is 5.74. The smallest absolute Gasteiger partial charge is 0.320 e. The number of nitrogens with zero attached hydrogens (tertiary/aromatic N) is 2. The summed E-state index contributed by atoms with van der Waals surface area (Å²) in [6.07, 6.45) is 0. The molecule has 1 fully saturated rings. The molecule has 0 aliphatic carbocycles. The highest BCUT2D eigenvalue weighted by Gasteiger charge is 2.23. The van der Waals surface area contributed by atoms with Crippen LogP contribution in [0.1, 0.15) is 13.8 Å². The van der Waals surface area contributed by atoms with Gasteiger partial charge in [0.05, 0.1) is 13.2 Å². The standard InChI is InChI=1S/C10H21N3O2/c1-9(2)13(4-3-11)10(14)12-5-7-15-8-6-12/h9H,3-8,11H2,1-2H3. The first kappa shape index (κ1) is 12.3. The molecule has 1 rings (SSSR count). The first-order valence-corrected chi connectivity index (χ1v) is 5.50. The van der Waals surface area contributed by atoms with E-state index in [-0.39, 0.29) is 12.1 Å². The Labute approximate surface area is 91.2 Å². The van der Waals surface area contributed by atoms with Gasteiger partial charge in [0.25, 0.3) is 0 Å². The van der Waals surface area contributed by atoms with Crippen molar-refractivity contribution in [2.75, 3.05) is 39.4 Å². The fourth-order valence-corrected chi connectivity index (χ4v) is 1.65. The van der Waals surface area contributed by atoms with Crippen molar-refractivity contribution in [1.29, 1.82) is 0 Å². The van der Waals surface area contributed by atoms with E-state index in [0.29, 0.717) is 39.4 Å². The van der Waals surface area contributed by atoms with Crippen molar-refractivity contribution in [2.24, 2.45) is 5.73 Å². The third-order valence-corrected chi connectivity index (χ3v) is 2.52. The molecule has 15 heavy (non-hydrogen) atoms. The molecule has 0 spiro atoms. The quantitative estimate of drug-likeness (QED) is 0.727. The molecule has 1 aliphatic heterocycles. The van der Waals surface area contributed by atoms with E-state index in [1.165, 1.54) is 0 Å². The average Bonchev–Trinajstić information content (AvgIpc) is 2.26. The van der Waals surface area contributed by atoms with Crippen LogP contribution in [0.3, 0.4) is 0 Å². The number of rotatable bonds is 3. The zero-order valence-electron chi connectivity index (χ0n) is 9.61. The van der Waals surface area contributed by atoms with E-state index in [2.05, 4.69) is 0 Å². The second-order valence-electron chi connectivity index (χ2n) is 3.96. The van der Waals surface area contributed by atoms with Gasteiger partial charge in [-0.2, -0.15) is 0 Å². The van der Waals surface area contributed by atoms with E-state index in [1.807, 2.05) is 23.6 Å². The highest BCUT2D eigenvalue weighted by Crippen LogP contribution is 2.06. The van der Waals surface area contributed by atoms with Gasteiger partial charge in [0.1, 0.15) is 0 Å². The molecule has 0 aromatic carbocycles. The fourth-order valence-electron chi connectivity index (χ4n) is 1.65. The van der Waals surface area contributed by atoms with Gasteiger partial charge in [0, 0.05) is 32.2 Å². The number of morpholine rings is 1. The molecular formula is C10H21N3O2. The molecule has 1 saturated heterocycles. The molecule has 88 valence electrons. The summed E-state index contributed by atoms with van der Waals surface area (Å²) in [5.41, 5.74) is 5.50. The van der Waals surface area contributed by atoms with E-state index >= 15 is 0 Å². The van der Waals surface area contributed by atoms with Gasteiger partial charge >= 0.3 is 6.03 Å². The van der Waals surface area contributed by atoms with Gasteiger partial charge < -0.3 is 20.3 Å². The summed E-state index contributed by atoms with van der Waals surface area (Å²) >= 11 is 0. The number of carbonyl (C=O) groups is 1. The minimum Gasteiger partial charge on any atom is -0.378 e. The highest BCUT2D eigenvalue weighted by atomic mass is 16.5. The Balaban J connectivity index is 2.53. The molecule has 5 heteroatoms. The molecule has 0 aromatic rings. The molecule has 0 aromatic heterocycles. The minimum atomic E-state index is 0.0822. The van der Waals surface area contributed by atoms with Gasteiger partial charge in [-0.3, -0.25) is 0 Å². The molecule has 5 nitrogen and oxygen atoms in total. The molecule has 0 radical (unpaired) electrons. The average molecular weight is 215 g/mol. The SMILES string of the molecule is CC(C)N(CCN)C(=O)N1CCOCC1. The van der Waals surface area contributed by atoms with Crippen LogP contribution in [-0.2, 0) is 4.74 Å². The summed E-state index contributed by atoms with van der Waals surface area (Å²) in [6.45, 7) is 7.80. The van der Waals surface area contributed by atoms with Gasteiger partial charge in [0.2, 0.25) is 0 Å². The summed E-state index contributed by atoms with van der Waals surface area (Å²) in [7, 11) is 0. The molecular weight excluding hydrogens is 194 g/mol. The van der Waals surface area contributed by atoms with Crippen LogP contribution in [0.25, 0.3) is 0 Å². The Morgan fingerprint density at radius 3 is 2.53 bits per heavy atom. The van der Waals surface area contributed by atoms with Crippen molar-refractivity contribution in [2.45, 2.75) is 19.9 Å². The number of hydrogen-bond donors (Lipinski definition) is 1. The third kappa shape index (κ3) is 3.35. The van der Waals surface area contributed by atoms with Crippen molar-refractivity contribution in [1.82, 2.24) is 9.80 Å². The summed E-state index contributed by atoms with van der Waals surface area (Å²) in [6, 6.07) is 0.280. The Bertz CT molecular complexity index is 203. The molecule has 1 heterocycles. The number of urea groups is 1. The lowest BCUT2D eigenvalue weighted by molar-refractivity contribution is 0.0409. The Kier molecular flexibility index (Phi) is 4.84. The van der Waals surface area contributed by atoms with Crippen LogP contribution in [0.5, 0.6) is 0 Å². The summed E-state index contributed by atoms with van der Waals surface area (Å²) in [5, 5.41) is 0. The Morgan fingerprint density at radius 2 is 2.07 bits per heavy atom. The van der Waals surface area contributed by atoms with Crippen LogP contribution < -0.4 is 5.73 Å². The number of ether oxygens (including phenoxy) is 1. The second kappa shape index (κ2) is 5.92. The van der Waals surface area contributed by atoms with Gasteiger partial charge in [0.15, 0.2) is 0 Å². The monoisotopic (exact) mass is 215 g/mol. The van der Waals surface area contributed by atoms with E-state index in [4.69, 9.17) is 10.5 Å². The zero-order valence-corrected chi connectivity index (χ0v) is 9.61. The Hall–Kier alpha value is -0.810. The summed E-state index contributed by atoms with van der Waals surface area (Å²) in [5.74, 6) is 0. The van der Waals surface area contributed by atoms with Crippen LogP contribution in [0.15, 0.2) is 0 Å². The van der Waals surface area contributed by atoms with E-state index in [1.54, 1.807) is 0 Å². The first-order chi connectivity index (χ1) is 7.16. The maximum absolute atomic E-state index is 12.1. The number of hydrogen-bond acceptors (Lipinski definition) is 3. The van der Waals surface area contributed by atoms with E-state index in [0.717, 1.165) is 0 Å². The van der Waals surface area contributed by atoms with Gasteiger partial charge in [-0.05, 0) is 13.8 Å². The normalized spacial score (nSPS) is 16.9. The molecule has 2 amide bonds. The van der Waals surface area contributed by atoms with Gasteiger partial charge in [-0.25, -0.2) is 4.79 Å². The van der Waals surface area contributed by atoms with Crippen molar-refractivity contribution in [3.63, 3.8) is 0 Å². The minimum absolute atomic E-state index is 0.0822. The molecule has 0 bridgehead atoms. The van der Waals surface area contributed by atoms with Crippen LogP contribution in [0.2, 0.25) is 0 Å². The summed E-state index contributed by atoms with van der Waals surface area (Å²) < 4.78 is 5.21. The van der Waals surface area contributed by atoms with Crippen LogP contribution in [-0.4, -0.2) is 61.3 Å². The molecule has 2 N–H and O–H groups in total. The fraction of sp³-hybridized carbons (Fsp3) is 0.900. The summed E-state index contributed by atoms with van der Waals surface area (Å²) in [4.78, 5) is 15.7. The van der Waals surface area contributed by atoms with Crippen LogP contribution >= 0.6 is 0 Å². The second-order valence-corrected chi connectivity index (χ2v) is 3.96. The van der Waals surface area contributed by atoms with Crippen molar-refractivity contribution in [3.8, 4) is 0 Å². The zero-order chi connectivity index (χ0) is 11.3. The third-order valence-electron chi connectivity index (χ3n) is 2.52. The lowest BCUT2D eigenvalue weighted by Crippen LogP contribution is -2.51. The lowest BCUT2D eigenvalue weighted by atomic mass is 10.3. The predicted octanol–water partition coefficient (Wildman–Crippen LogP) is 0.108. The van der Waals surface area contributed by atoms with Crippen molar-refractivity contribution < 1.29 is 9.53 Å². The topological polar surface area (TPSA) is 58.8 Å². The number of carbonyl (C=O) groups excluding carboxylic acids is 1. The molecule has 0 unspecified atom stereocenters. The molecule has 0 saturated carbocycles. The van der Waals surface area contributed by atoms with E-state index < -0.39 is 0 Å². The van der Waals surface area contributed by atoms with Crippen molar-refractivity contribution >= 4 is 6.03 Å². The molecule has 0 atom stereocenters. The largest absolute Gasteiger partial charge is 0.378 e. The van der Waals surface area contributed by atoms with E-state index in [9.17, 15) is 4.79 Å². The first-order valence-electron chi connectivity index (χ1n) is 5.50. The predicted molar refractivity (Wildman–Crippen MR) is 58.7 cm³/mol. The van der Waals surface area contributed by atoms with Crippen molar-refractivity contribution in [3.05, 3.63) is 0 Å². The Morgan fingerprint density at radius 1 is 1.47 bits per heavy atom. The maximum Gasteiger partial charge on any atom is 0.320 e. The van der Waals surface area contributed by atoms with Gasteiger partial charge in [-0.15, -0.1) is 0 Å². The number of nitrogens with two attached hydrogens (primary N) is 1. The van der Waals surface area contributed by atoms with Crippen LogP contribution in [0, 0.1) is 0 Å². The maximum atomic E-state index is 12.1. The van der Waals surface area contributed by atoms with Gasteiger partial charge in [-0.1, -0.05) is 0 Å². The lowest BCUT2D eigenvalue weighted by Gasteiger charge is -2.34.